The summed E-state index contributed by atoms with van der Waals surface area (Å²) in [6.45, 7) is 3.20. The minimum Gasteiger partial charge on any atom is -0.388 e. The van der Waals surface area contributed by atoms with Gasteiger partial charge in [-0.3, -0.25) is 0 Å². The van der Waals surface area contributed by atoms with E-state index < -0.39 is 5.60 Å². The van der Waals surface area contributed by atoms with Gasteiger partial charge >= 0.3 is 0 Å². The molecule has 1 saturated carbocycles. The van der Waals surface area contributed by atoms with Crippen LogP contribution in [-0.4, -0.2) is 37.0 Å². The van der Waals surface area contributed by atoms with Gasteiger partial charge in [0, 0.05) is 32.6 Å². The van der Waals surface area contributed by atoms with Crippen molar-refractivity contribution in [3.63, 3.8) is 0 Å². The summed E-state index contributed by atoms with van der Waals surface area (Å²) in [4.78, 5) is 0. The van der Waals surface area contributed by atoms with Crippen LogP contribution in [0.4, 0.5) is 0 Å². The maximum atomic E-state index is 10.3. The second-order valence-electron chi connectivity index (χ2n) is 6.01. The molecule has 17 heavy (non-hydrogen) atoms. The SMILES string of the molecule is OC1(CNC[C@@H]2C[C@H]3C=C[C@H]2C3)CCOCC1. The molecule has 0 aromatic rings. The molecule has 0 amide bonds. The number of aliphatic hydroxyl groups is 1. The van der Waals surface area contributed by atoms with Gasteiger partial charge in [0.25, 0.3) is 0 Å². The van der Waals surface area contributed by atoms with Crippen molar-refractivity contribution in [1.82, 2.24) is 5.32 Å². The summed E-state index contributed by atoms with van der Waals surface area (Å²) in [5.74, 6) is 2.45. The Kier molecular flexibility index (Phi) is 3.24. The Morgan fingerprint density at radius 1 is 1.24 bits per heavy atom. The lowest BCUT2D eigenvalue weighted by molar-refractivity contribution is -0.0618. The number of hydrogen-bond acceptors (Lipinski definition) is 3. The molecule has 3 atom stereocenters. The minimum absolute atomic E-state index is 0.522. The zero-order chi connectivity index (χ0) is 11.7. The molecule has 2 N–H and O–H groups in total. The number of allylic oxidation sites excluding steroid dienone is 2. The fourth-order valence-electron chi connectivity index (χ4n) is 3.55. The standard InChI is InChI=1S/C14H23NO2/c16-14(3-5-17-6-4-14)10-15-9-13-8-11-1-2-12(13)7-11/h1-2,11-13,15-16H,3-10H2/t11-,12-,13-/m0/s1. The second kappa shape index (κ2) is 4.71. The molecule has 2 aliphatic carbocycles. The molecule has 0 unspecified atom stereocenters. The average molecular weight is 237 g/mol. The molecule has 0 aromatic heterocycles. The van der Waals surface area contributed by atoms with E-state index in [-0.39, 0.29) is 0 Å². The van der Waals surface area contributed by atoms with Gasteiger partial charge in [0.15, 0.2) is 0 Å². The summed E-state index contributed by atoms with van der Waals surface area (Å²) in [7, 11) is 0. The van der Waals surface area contributed by atoms with E-state index in [0.717, 1.165) is 43.7 Å². The molecule has 1 saturated heterocycles. The highest BCUT2D eigenvalue weighted by Gasteiger charge is 2.36. The highest BCUT2D eigenvalue weighted by molar-refractivity contribution is 5.10. The Hall–Kier alpha value is -0.380. The van der Waals surface area contributed by atoms with Crippen LogP contribution in [-0.2, 0) is 4.74 Å². The number of rotatable bonds is 4. The van der Waals surface area contributed by atoms with Crippen molar-refractivity contribution in [3.8, 4) is 0 Å². The van der Waals surface area contributed by atoms with Gasteiger partial charge in [-0.1, -0.05) is 12.2 Å². The first kappa shape index (κ1) is 11.7. The van der Waals surface area contributed by atoms with Gasteiger partial charge < -0.3 is 15.2 Å². The van der Waals surface area contributed by atoms with Crippen molar-refractivity contribution < 1.29 is 9.84 Å². The number of nitrogens with one attached hydrogen (secondary N) is 1. The summed E-state index contributed by atoms with van der Waals surface area (Å²) >= 11 is 0. The fraction of sp³-hybridized carbons (Fsp3) is 0.857. The van der Waals surface area contributed by atoms with Gasteiger partial charge in [-0.2, -0.15) is 0 Å². The first-order valence-electron chi connectivity index (χ1n) is 6.94. The molecular weight excluding hydrogens is 214 g/mol. The molecule has 2 bridgehead atoms. The monoisotopic (exact) mass is 237 g/mol. The van der Waals surface area contributed by atoms with Gasteiger partial charge in [0.2, 0.25) is 0 Å². The van der Waals surface area contributed by atoms with Gasteiger partial charge in [-0.25, -0.2) is 0 Å². The van der Waals surface area contributed by atoms with E-state index >= 15 is 0 Å². The summed E-state index contributed by atoms with van der Waals surface area (Å²) in [5.41, 5.74) is -0.522. The second-order valence-corrected chi connectivity index (χ2v) is 6.01. The van der Waals surface area contributed by atoms with E-state index in [4.69, 9.17) is 4.74 Å². The van der Waals surface area contributed by atoms with E-state index in [9.17, 15) is 5.11 Å². The van der Waals surface area contributed by atoms with E-state index in [0.29, 0.717) is 13.2 Å². The third-order valence-electron chi connectivity index (χ3n) is 4.70. The van der Waals surface area contributed by atoms with Crippen molar-refractivity contribution in [1.29, 1.82) is 0 Å². The lowest BCUT2D eigenvalue weighted by Crippen LogP contribution is -2.46. The van der Waals surface area contributed by atoms with E-state index in [2.05, 4.69) is 17.5 Å². The lowest BCUT2D eigenvalue weighted by Gasteiger charge is -2.33. The number of hydrogen-bond donors (Lipinski definition) is 2. The van der Waals surface area contributed by atoms with Crippen LogP contribution in [0.5, 0.6) is 0 Å². The molecule has 3 aliphatic rings. The predicted molar refractivity (Wildman–Crippen MR) is 66.7 cm³/mol. The summed E-state index contributed by atoms with van der Waals surface area (Å²) < 4.78 is 5.29. The Balaban J connectivity index is 1.41. The highest BCUT2D eigenvalue weighted by Crippen LogP contribution is 2.42. The van der Waals surface area contributed by atoms with Crippen molar-refractivity contribution in [2.24, 2.45) is 17.8 Å². The Bertz CT molecular complexity index is 297. The largest absolute Gasteiger partial charge is 0.388 e. The number of ether oxygens (including phenoxy) is 1. The van der Waals surface area contributed by atoms with Crippen LogP contribution in [0.2, 0.25) is 0 Å². The van der Waals surface area contributed by atoms with Crippen LogP contribution in [0.25, 0.3) is 0 Å². The van der Waals surface area contributed by atoms with Gasteiger partial charge in [0.1, 0.15) is 0 Å². The third-order valence-corrected chi connectivity index (χ3v) is 4.70. The highest BCUT2D eigenvalue weighted by atomic mass is 16.5. The zero-order valence-corrected chi connectivity index (χ0v) is 10.4. The molecule has 1 aliphatic heterocycles. The van der Waals surface area contributed by atoms with Crippen LogP contribution in [0.15, 0.2) is 12.2 Å². The Morgan fingerprint density at radius 2 is 2.06 bits per heavy atom. The first-order valence-corrected chi connectivity index (χ1v) is 6.94. The Morgan fingerprint density at radius 3 is 2.71 bits per heavy atom. The maximum Gasteiger partial charge on any atom is 0.0815 e. The van der Waals surface area contributed by atoms with Gasteiger partial charge in [-0.15, -0.1) is 0 Å². The van der Waals surface area contributed by atoms with Crippen molar-refractivity contribution in [2.45, 2.75) is 31.3 Å². The Labute approximate surface area is 103 Å². The normalized spacial score (nSPS) is 38.8. The molecule has 3 heteroatoms. The van der Waals surface area contributed by atoms with Crippen molar-refractivity contribution >= 4 is 0 Å². The van der Waals surface area contributed by atoms with Crippen LogP contribution in [0, 0.1) is 17.8 Å². The molecule has 3 nitrogen and oxygen atoms in total. The first-order chi connectivity index (χ1) is 8.25. The average Bonchev–Trinajstić information content (AvgIpc) is 2.92. The number of fused-ring (bicyclic) bond motifs is 2. The van der Waals surface area contributed by atoms with Crippen LogP contribution < -0.4 is 5.32 Å². The minimum atomic E-state index is -0.522. The fourth-order valence-corrected chi connectivity index (χ4v) is 3.55. The molecule has 0 aromatic carbocycles. The molecule has 0 radical (unpaired) electrons. The zero-order valence-electron chi connectivity index (χ0n) is 10.4. The third kappa shape index (κ3) is 2.56. The smallest absolute Gasteiger partial charge is 0.0815 e. The van der Waals surface area contributed by atoms with Crippen LogP contribution >= 0.6 is 0 Å². The van der Waals surface area contributed by atoms with Crippen molar-refractivity contribution in [3.05, 3.63) is 12.2 Å². The quantitative estimate of drug-likeness (QED) is 0.725. The van der Waals surface area contributed by atoms with Crippen LogP contribution in [0.3, 0.4) is 0 Å². The van der Waals surface area contributed by atoms with Crippen LogP contribution in [0.1, 0.15) is 25.7 Å². The summed E-state index contributed by atoms with van der Waals surface area (Å²) in [6, 6.07) is 0. The summed E-state index contributed by atoms with van der Waals surface area (Å²) in [6.07, 6.45) is 9.03. The predicted octanol–water partition coefficient (Wildman–Crippen LogP) is 1.33. The molecule has 1 heterocycles. The van der Waals surface area contributed by atoms with Gasteiger partial charge in [0.05, 0.1) is 5.60 Å². The topological polar surface area (TPSA) is 41.5 Å². The summed E-state index contributed by atoms with van der Waals surface area (Å²) in [5, 5.41) is 13.8. The molecule has 3 rings (SSSR count). The molecule has 96 valence electrons. The van der Waals surface area contributed by atoms with E-state index in [1.807, 2.05) is 0 Å². The van der Waals surface area contributed by atoms with Crippen molar-refractivity contribution in [2.75, 3.05) is 26.3 Å². The molecule has 0 spiro atoms. The van der Waals surface area contributed by atoms with Gasteiger partial charge in [-0.05, 0) is 37.1 Å². The maximum absolute atomic E-state index is 10.3. The molecular formula is C14H23NO2. The lowest BCUT2D eigenvalue weighted by atomic mass is 9.92. The van der Waals surface area contributed by atoms with E-state index in [1.54, 1.807) is 0 Å². The molecule has 2 fully saturated rings. The van der Waals surface area contributed by atoms with E-state index in [1.165, 1.54) is 12.8 Å².